The molecule has 0 saturated carbocycles. The van der Waals surface area contributed by atoms with Crippen LogP contribution in [-0.2, 0) is 14.3 Å². The molecule has 2 saturated heterocycles. The number of nitrogens with one attached hydrogen (secondary N) is 1. The van der Waals surface area contributed by atoms with Crippen LogP contribution in [0.5, 0.6) is 0 Å². The molecule has 0 spiro atoms. The second-order valence-corrected chi connectivity index (χ2v) is 5.94. The summed E-state index contributed by atoms with van der Waals surface area (Å²) in [7, 11) is 1.31. The molecule has 2 fully saturated rings. The maximum Gasteiger partial charge on any atom is 0.328 e. The van der Waals surface area contributed by atoms with E-state index in [1.165, 1.54) is 14.0 Å². The number of azide groups is 1. The smallest absolute Gasteiger partial charge is 0.328 e. The highest BCUT2D eigenvalue weighted by atomic mass is 35.5. The molecule has 2 aliphatic heterocycles. The molecule has 0 radical (unpaired) electrons. The van der Waals surface area contributed by atoms with Crippen LogP contribution >= 0.6 is 11.6 Å². The Hall–Kier alpha value is -1.58. The van der Waals surface area contributed by atoms with Crippen molar-refractivity contribution >= 4 is 23.5 Å². The molecule has 1 unspecified atom stereocenters. The predicted molar refractivity (Wildman–Crippen MR) is 73.7 cm³/mol. The SMILES string of the molecule is CO[C@H]1N([C@H]2C[C@H](N=[N+]=[N-])[C@@H](CO)O2)C(=O)NC(=O)C1(C)Cl. The van der Waals surface area contributed by atoms with Crippen molar-refractivity contribution in [2.45, 2.75) is 42.8 Å². The first kappa shape index (κ1) is 16.8. The van der Waals surface area contributed by atoms with Crippen LogP contribution in [0.15, 0.2) is 5.11 Å². The average molecular weight is 334 g/mol. The summed E-state index contributed by atoms with van der Waals surface area (Å²) in [5.41, 5.74) is 8.54. The van der Waals surface area contributed by atoms with Gasteiger partial charge in [-0.2, -0.15) is 0 Å². The molecule has 2 heterocycles. The third kappa shape index (κ3) is 2.71. The van der Waals surface area contributed by atoms with Crippen LogP contribution in [0.1, 0.15) is 13.3 Å². The van der Waals surface area contributed by atoms with Crippen LogP contribution < -0.4 is 5.32 Å². The van der Waals surface area contributed by atoms with Gasteiger partial charge in [-0.05, 0) is 12.5 Å². The molecule has 10 nitrogen and oxygen atoms in total. The highest BCUT2D eigenvalue weighted by Crippen LogP contribution is 2.34. The summed E-state index contributed by atoms with van der Waals surface area (Å²) in [6.07, 6.45) is -2.50. The number of nitrogens with zero attached hydrogens (tertiary/aromatic N) is 4. The number of aliphatic hydroxyl groups is 1. The fraction of sp³-hybridized carbons (Fsp3) is 0.818. The van der Waals surface area contributed by atoms with Crippen LogP contribution in [0.3, 0.4) is 0 Å². The Bertz CT molecular complexity index is 523. The molecule has 0 aliphatic carbocycles. The van der Waals surface area contributed by atoms with Crippen molar-refractivity contribution in [1.82, 2.24) is 10.2 Å². The summed E-state index contributed by atoms with van der Waals surface area (Å²) in [5.74, 6) is -0.675. The topological polar surface area (TPSA) is 137 Å². The van der Waals surface area contributed by atoms with E-state index in [0.29, 0.717) is 0 Å². The number of methoxy groups -OCH3 is 1. The molecule has 0 aromatic rings. The van der Waals surface area contributed by atoms with Crippen LogP contribution in [0.4, 0.5) is 4.79 Å². The fourth-order valence-corrected chi connectivity index (χ4v) is 2.86. The van der Waals surface area contributed by atoms with E-state index in [-0.39, 0.29) is 13.0 Å². The van der Waals surface area contributed by atoms with Crippen LogP contribution in [0.25, 0.3) is 10.4 Å². The molecule has 5 atom stereocenters. The van der Waals surface area contributed by atoms with E-state index in [4.69, 9.17) is 26.6 Å². The summed E-state index contributed by atoms with van der Waals surface area (Å²) >= 11 is 6.18. The Morgan fingerprint density at radius 2 is 2.36 bits per heavy atom. The monoisotopic (exact) mass is 333 g/mol. The van der Waals surface area contributed by atoms with Crippen LogP contribution in [-0.4, -0.2) is 65.1 Å². The Labute approximate surface area is 130 Å². The lowest BCUT2D eigenvalue weighted by molar-refractivity contribution is -0.154. The number of carbonyl (C=O) groups is 2. The zero-order valence-corrected chi connectivity index (χ0v) is 12.7. The van der Waals surface area contributed by atoms with Gasteiger partial charge in [0.15, 0.2) is 11.1 Å². The first-order valence-corrected chi connectivity index (χ1v) is 6.90. The normalized spacial score (nSPS) is 38.6. The zero-order valence-electron chi connectivity index (χ0n) is 12.0. The van der Waals surface area contributed by atoms with Gasteiger partial charge in [0.25, 0.3) is 5.91 Å². The van der Waals surface area contributed by atoms with Crippen molar-refractivity contribution in [2.75, 3.05) is 13.7 Å². The van der Waals surface area contributed by atoms with Gasteiger partial charge in [-0.25, -0.2) is 4.79 Å². The number of aliphatic hydroxyl groups excluding tert-OH is 1. The van der Waals surface area contributed by atoms with Gasteiger partial charge >= 0.3 is 6.03 Å². The summed E-state index contributed by atoms with van der Waals surface area (Å²) in [4.78, 5) is 26.3. The van der Waals surface area contributed by atoms with Crippen molar-refractivity contribution in [3.63, 3.8) is 0 Å². The van der Waals surface area contributed by atoms with E-state index in [0.717, 1.165) is 4.90 Å². The third-order valence-electron chi connectivity index (χ3n) is 3.73. The van der Waals surface area contributed by atoms with E-state index < -0.39 is 41.4 Å². The molecule has 3 amide bonds. The highest BCUT2D eigenvalue weighted by molar-refractivity contribution is 6.36. The van der Waals surface area contributed by atoms with Crippen molar-refractivity contribution < 1.29 is 24.2 Å². The Kier molecular flexibility index (Phi) is 4.78. The minimum absolute atomic E-state index is 0.156. The third-order valence-corrected chi connectivity index (χ3v) is 4.09. The molecule has 0 aromatic carbocycles. The first-order valence-electron chi connectivity index (χ1n) is 6.52. The highest BCUT2D eigenvalue weighted by Gasteiger charge is 2.54. The summed E-state index contributed by atoms with van der Waals surface area (Å²) < 4.78 is 10.7. The molecule has 122 valence electrons. The Balaban J connectivity index is 2.28. The van der Waals surface area contributed by atoms with Gasteiger partial charge in [-0.1, -0.05) is 5.11 Å². The zero-order chi connectivity index (χ0) is 16.5. The lowest BCUT2D eigenvalue weighted by Crippen LogP contribution is -2.69. The molecule has 2 rings (SSSR count). The van der Waals surface area contributed by atoms with Gasteiger partial charge in [-0.15, -0.1) is 11.6 Å². The van der Waals surface area contributed by atoms with E-state index in [1.807, 2.05) is 0 Å². The lowest BCUT2D eigenvalue weighted by Gasteiger charge is -2.44. The Morgan fingerprint density at radius 1 is 1.68 bits per heavy atom. The fourth-order valence-electron chi connectivity index (χ4n) is 2.62. The van der Waals surface area contributed by atoms with Gasteiger partial charge in [0.2, 0.25) is 0 Å². The molecule has 2 N–H and O–H groups in total. The number of alkyl halides is 1. The average Bonchev–Trinajstić information content (AvgIpc) is 2.85. The maximum atomic E-state index is 12.1. The van der Waals surface area contributed by atoms with E-state index in [1.54, 1.807) is 0 Å². The maximum absolute atomic E-state index is 12.1. The van der Waals surface area contributed by atoms with Crippen molar-refractivity contribution in [2.24, 2.45) is 5.11 Å². The van der Waals surface area contributed by atoms with E-state index >= 15 is 0 Å². The second-order valence-electron chi connectivity index (χ2n) is 5.15. The largest absolute Gasteiger partial charge is 0.394 e. The van der Waals surface area contributed by atoms with Gasteiger partial charge in [0, 0.05) is 18.4 Å². The van der Waals surface area contributed by atoms with Gasteiger partial charge in [-0.3, -0.25) is 15.0 Å². The molecular weight excluding hydrogens is 318 g/mol. The molecule has 2 aliphatic rings. The quantitative estimate of drug-likeness (QED) is 0.330. The summed E-state index contributed by atoms with van der Waals surface area (Å²) in [5, 5.41) is 14.9. The number of hydrogen-bond acceptors (Lipinski definition) is 6. The number of amides is 3. The second kappa shape index (κ2) is 6.27. The number of halogens is 1. The van der Waals surface area contributed by atoms with Crippen molar-refractivity contribution in [1.29, 1.82) is 0 Å². The van der Waals surface area contributed by atoms with Crippen molar-refractivity contribution in [3.8, 4) is 0 Å². The van der Waals surface area contributed by atoms with E-state index in [9.17, 15) is 14.7 Å². The molecule has 22 heavy (non-hydrogen) atoms. The minimum Gasteiger partial charge on any atom is -0.394 e. The number of rotatable bonds is 4. The van der Waals surface area contributed by atoms with E-state index in [2.05, 4.69) is 15.3 Å². The van der Waals surface area contributed by atoms with Gasteiger partial charge < -0.3 is 14.6 Å². The summed E-state index contributed by atoms with van der Waals surface area (Å²) in [6.45, 7) is 1.05. The van der Waals surface area contributed by atoms with Gasteiger partial charge in [0.1, 0.15) is 6.23 Å². The number of carbonyl (C=O) groups excluding carboxylic acids is 2. The number of hydrogen-bond donors (Lipinski definition) is 2. The van der Waals surface area contributed by atoms with Crippen LogP contribution in [0, 0.1) is 0 Å². The molecule has 11 heteroatoms. The molecular formula is C11H16ClN5O5. The standard InChI is InChI=1S/C11H16ClN5O5/c1-11(12)8(19)14-10(20)17(9(11)21-2)7-3-5(15-16-13)6(4-18)22-7/h5-7,9,18H,3-4H2,1-2H3,(H,14,19,20)/t5-,6+,7+,9+,11?/m0/s1. The Morgan fingerprint density at radius 3 is 2.91 bits per heavy atom. The number of urea groups is 1. The molecule has 0 bridgehead atoms. The van der Waals surface area contributed by atoms with Gasteiger partial charge in [0.05, 0.1) is 18.8 Å². The number of ether oxygens (including phenoxy) is 2. The lowest BCUT2D eigenvalue weighted by atomic mass is 10.0. The molecule has 0 aromatic heterocycles. The number of imide groups is 1. The predicted octanol–water partition coefficient (Wildman–Crippen LogP) is 0.294. The first-order chi connectivity index (χ1) is 10.4. The van der Waals surface area contributed by atoms with Crippen molar-refractivity contribution in [3.05, 3.63) is 10.4 Å². The van der Waals surface area contributed by atoms with Crippen LogP contribution in [0.2, 0.25) is 0 Å². The minimum atomic E-state index is -1.50. The summed E-state index contributed by atoms with van der Waals surface area (Å²) in [6, 6.07) is -1.36.